The molecule has 1 rings (SSSR count). The van der Waals surface area contributed by atoms with Crippen LogP contribution < -0.4 is 4.74 Å². The van der Waals surface area contributed by atoms with Gasteiger partial charge in [0.05, 0.1) is 12.7 Å². The van der Waals surface area contributed by atoms with E-state index < -0.39 is 23.8 Å². The highest BCUT2D eigenvalue weighted by atomic mass is 16.5. The van der Waals surface area contributed by atoms with Gasteiger partial charge in [0.25, 0.3) is 0 Å². The van der Waals surface area contributed by atoms with E-state index in [1.54, 1.807) is 0 Å². The molecule has 0 bridgehead atoms. The molecule has 104 valence electrons. The second-order valence-electron chi connectivity index (χ2n) is 4.15. The lowest BCUT2D eigenvalue weighted by Crippen LogP contribution is -2.36. The van der Waals surface area contributed by atoms with Crippen LogP contribution in [0.2, 0.25) is 0 Å². The molecule has 2 unspecified atom stereocenters. The summed E-state index contributed by atoms with van der Waals surface area (Å²) >= 11 is 0. The zero-order chi connectivity index (χ0) is 14.3. The van der Waals surface area contributed by atoms with Gasteiger partial charge in [0, 0.05) is 13.5 Å². The van der Waals surface area contributed by atoms with Crippen molar-refractivity contribution in [1.82, 2.24) is 0 Å². The van der Waals surface area contributed by atoms with Crippen molar-refractivity contribution < 1.29 is 24.2 Å². The quantitative estimate of drug-likeness (QED) is 0.726. The first-order valence-electron chi connectivity index (χ1n) is 6.00. The summed E-state index contributed by atoms with van der Waals surface area (Å²) < 4.78 is 10.6. The van der Waals surface area contributed by atoms with Gasteiger partial charge in [-0.25, -0.2) is 0 Å². The fraction of sp³-hybridized carbons (Fsp3) is 0.429. The van der Waals surface area contributed by atoms with Crippen LogP contribution in [0, 0.1) is 5.92 Å². The topological polar surface area (TPSA) is 72.8 Å². The molecule has 19 heavy (non-hydrogen) atoms. The lowest BCUT2D eigenvalue weighted by Gasteiger charge is -2.20. The molecule has 5 nitrogen and oxygen atoms in total. The molecule has 0 saturated heterocycles. The number of benzene rings is 1. The minimum Gasteiger partial charge on any atom is -0.493 e. The summed E-state index contributed by atoms with van der Waals surface area (Å²) in [6.45, 7) is 1.54. The van der Waals surface area contributed by atoms with E-state index in [1.165, 1.54) is 14.0 Å². The molecule has 0 aliphatic heterocycles. The Labute approximate surface area is 112 Å². The maximum atomic E-state index is 11.3. The molecule has 1 aromatic rings. The molecule has 1 aromatic carbocycles. The molecular weight excluding hydrogens is 248 g/mol. The molecule has 0 spiro atoms. The maximum absolute atomic E-state index is 11.3. The van der Waals surface area contributed by atoms with Crippen LogP contribution >= 0.6 is 0 Å². The first-order valence-corrected chi connectivity index (χ1v) is 6.00. The third-order valence-electron chi connectivity index (χ3n) is 2.79. The van der Waals surface area contributed by atoms with Gasteiger partial charge in [0.2, 0.25) is 0 Å². The van der Waals surface area contributed by atoms with Crippen LogP contribution in [-0.2, 0) is 14.3 Å². The number of aliphatic carboxylic acids is 1. The van der Waals surface area contributed by atoms with Crippen LogP contribution in [0.25, 0.3) is 0 Å². The number of carboxylic acid groups (broad SMARTS) is 1. The van der Waals surface area contributed by atoms with Crippen molar-refractivity contribution in [3.05, 3.63) is 30.3 Å². The molecule has 0 aliphatic rings. The monoisotopic (exact) mass is 266 g/mol. The third-order valence-corrected chi connectivity index (χ3v) is 2.79. The number of carboxylic acids is 1. The van der Waals surface area contributed by atoms with E-state index in [-0.39, 0.29) is 0 Å². The van der Waals surface area contributed by atoms with Gasteiger partial charge < -0.3 is 14.6 Å². The number of para-hydroxylation sites is 1. The van der Waals surface area contributed by atoms with Crippen LogP contribution in [0.15, 0.2) is 30.3 Å². The van der Waals surface area contributed by atoms with E-state index in [0.717, 1.165) is 0 Å². The Morgan fingerprint density at radius 1 is 1.26 bits per heavy atom. The number of rotatable bonds is 8. The van der Waals surface area contributed by atoms with Crippen molar-refractivity contribution in [2.45, 2.75) is 19.4 Å². The lowest BCUT2D eigenvalue weighted by atomic mass is 9.96. The number of carbonyl (C=O) groups is 2. The number of ketones is 1. The largest absolute Gasteiger partial charge is 0.493 e. The SMILES string of the molecule is COC(CCOc1ccccc1)C(C(C)=O)C(=O)O. The predicted octanol–water partition coefficient (Wildman–Crippen LogP) is 1.76. The van der Waals surface area contributed by atoms with Gasteiger partial charge in [-0.05, 0) is 19.1 Å². The summed E-state index contributed by atoms with van der Waals surface area (Å²) in [5.41, 5.74) is 0. The smallest absolute Gasteiger partial charge is 0.316 e. The molecule has 2 atom stereocenters. The fourth-order valence-electron chi connectivity index (χ4n) is 1.82. The number of carbonyl (C=O) groups excluding carboxylic acids is 1. The number of hydrogen-bond donors (Lipinski definition) is 1. The van der Waals surface area contributed by atoms with Gasteiger partial charge in [0.15, 0.2) is 0 Å². The van der Waals surface area contributed by atoms with Crippen molar-refractivity contribution in [1.29, 1.82) is 0 Å². The molecule has 0 aromatic heterocycles. The van der Waals surface area contributed by atoms with E-state index in [4.69, 9.17) is 14.6 Å². The van der Waals surface area contributed by atoms with E-state index in [9.17, 15) is 9.59 Å². The molecule has 1 N–H and O–H groups in total. The minimum atomic E-state index is -1.17. The van der Waals surface area contributed by atoms with Gasteiger partial charge >= 0.3 is 5.97 Å². The van der Waals surface area contributed by atoms with E-state index in [0.29, 0.717) is 18.8 Å². The molecule has 0 heterocycles. The summed E-state index contributed by atoms with van der Waals surface area (Å²) in [5.74, 6) is -2.03. The van der Waals surface area contributed by atoms with Crippen molar-refractivity contribution in [2.75, 3.05) is 13.7 Å². The first-order chi connectivity index (χ1) is 9.06. The summed E-state index contributed by atoms with van der Waals surface area (Å²) in [4.78, 5) is 22.4. The first kappa shape index (κ1) is 15.2. The molecule has 0 radical (unpaired) electrons. The average molecular weight is 266 g/mol. The Morgan fingerprint density at radius 2 is 1.89 bits per heavy atom. The summed E-state index contributed by atoms with van der Waals surface area (Å²) in [7, 11) is 1.39. The number of Topliss-reactive ketones (excluding diaryl/α,β-unsaturated/α-hetero) is 1. The van der Waals surface area contributed by atoms with Gasteiger partial charge in [-0.15, -0.1) is 0 Å². The van der Waals surface area contributed by atoms with Crippen molar-refractivity contribution in [3.8, 4) is 5.75 Å². The normalized spacial score (nSPS) is 13.6. The second kappa shape index (κ2) is 7.53. The third kappa shape index (κ3) is 4.71. The Morgan fingerprint density at radius 3 is 2.37 bits per heavy atom. The maximum Gasteiger partial charge on any atom is 0.316 e. The van der Waals surface area contributed by atoms with Crippen LogP contribution in [0.4, 0.5) is 0 Å². The number of hydrogen-bond acceptors (Lipinski definition) is 4. The van der Waals surface area contributed by atoms with Crippen LogP contribution in [0.3, 0.4) is 0 Å². The van der Waals surface area contributed by atoms with Crippen molar-refractivity contribution >= 4 is 11.8 Å². The molecule has 0 amide bonds. The van der Waals surface area contributed by atoms with Crippen LogP contribution in [0.1, 0.15) is 13.3 Å². The Balaban J connectivity index is 2.52. The Hall–Kier alpha value is -1.88. The van der Waals surface area contributed by atoms with Crippen molar-refractivity contribution in [2.24, 2.45) is 5.92 Å². The number of methoxy groups -OCH3 is 1. The van der Waals surface area contributed by atoms with Gasteiger partial charge in [0.1, 0.15) is 17.5 Å². The van der Waals surface area contributed by atoms with E-state index in [1.807, 2.05) is 30.3 Å². The van der Waals surface area contributed by atoms with E-state index >= 15 is 0 Å². The highest BCUT2D eigenvalue weighted by Gasteiger charge is 2.32. The van der Waals surface area contributed by atoms with Gasteiger partial charge in [-0.2, -0.15) is 0 Å². The fourth-order valence-corrected chi connectivity index (χ4v) is 1.82. The summed E-state index contributed by atoms with van der Waals surface area (Å²) in [6.07, 6.45) is -0.346. The van der Waals surface area contributed by atoms with Crippen LogP contribution in [0.5, 0.6) is 5.75 Å². The highest BCUT2D eigenvalue weighted by Crippen LogP contribution is 2.15. The predicted molar refractivity (Wildman–Crippen MR) is 69.2 cm³/mol. The van der Waals surface area contributed by atoms with Crippen molar-refractivity contribution in [3.63, 3.8) is 0 Å². The lowest BCUT2D eigenvalue weighted by molar-refractivity contribution is -0.151. The Kier molecular flexibility index (Phi) is 6.02. The average Bonchev–Trinajstić information content (AvgIpc) is 2.37. The molecule has 0 saturated carbocycles. The molecule has 0 aliphatic carbocycles. The summed E-state index contributed by atoms with van der Waals surface area (Å²) in [6, 6.07) is 9.18. The number of ether oxygens (including phenoxy) is 2. The van der Waals surface area contributed by atoms with Gasteiger partial charge in [-0.1, -0.05) is 18.2 Å². The highest BCUT2D eigenvalue weighted by molar-refractivity contribution is 5.97. The van der Waals surface area contributed by atoms with Crippen LogP contribution in [-0.4, -0.2) is 36.7 Å². The zero-order valence-corrected chi connectivity index (χ0v) is 11.0. The van der Waals surface area contributed by atoms with Gasteiger partial charge in [-0.3, -0.25) is 9.59 Å². The molecule has 5 heteroatoms. The standard InChI is InChI=1S/C14H18O5/c1-10(15)13(14(16)17)12(18-2)8-9-19-11-6-4-3-5-7-11/h3-7,12-13H,8-9H2,1-2H3,(H,16,17). The Bertz CT molecular complexity index is 401. The van der Waals surface area contributed by atoms with E-state index in [2.05, 4.69) is 0 Å². The molecular formula is C14H18O5. The minimum absolute atomic E-state index is 0.291. The zero-order valence-electron chi connectivity index (χ0n) is 11.0. The second-order valence-corrected chi connectivity index (χ2v) is 4.15. The summed E-state index contributed by atoms with van der Waals surface area (Å²) in [5, 5.41) is 9.02. The molecule has 0 fully saturated rings.